The number of rotatable bonds is 5. The number of ether oxygens (including phenoxy) is 1. The molecule has 0 aromatic heterocycles. The van der Waals surface area contributed by atoms with Crippen molar-refractivity contribution < 1.29 is 14.3 Å². The van der Waals surface area contributed by atoms with Crippen LogP contribution in [0.1, 0.15) is 13.3 Å². The average Bonchev–Trinajstić information content (AvgIpc) is 2.30. The fourth-order valence-corrected chi connectivity index (χ4v) is 3.18. The quantitative estimate of drug-likeness (QED) is 0.447. The Morgan fingerprint density at radius 1 is 1.29 bits per heavy atom. The van der Waals surface area contributed by atoms with Gasteiger partial charge in [0.15, 0.2) is 0 Å². The van der Waals surface area contributed by atoms with Crippen molar-refractivity contribution in [3.05, 3.63) is 30.3 Å². The number of carbonyl (C=O) groups excluding carboxylic acids is 2. The third kappa shape index (κ3) is 5.04. The predicted octanol–water partition coefficient (Wildman–Crippen LogP) is 0.343. The SMILES string of the molecule is CCOC(=O)CC(=O)[N](C)[Ge][c]1ccccc1. The van der Waals surface area contributed by atoms with Crippen molar-refractivity contribution in [3.63, 3.8) is 0 Å². The number of benzene rings is 1. The summed E-state index contributed by atoms with van der Waals surface area (Å²) in [6.07, 6.45) is -0.166. The summed E-state index contributed by atoms with van der Waals surface area (Å²) in [6, 6.07) is 9.82. The standard InChI is InChI=1S/C12H15GeNO3/c1-3-17-12(16)9-11(15)14(2)13-10-7-5-4-6-8-10/h4-8H,3,9H2,1-2H3. The van der Waals surface area contributed by atoms with Gasteiger partial charge in [-0.2, -0.15) is 0 Å². The number of hydrogen-bond donors (Lipinski definition) is 0. The number of hydrogen-bond acceptors (Lipinski definition) is 3. The molecule has 0 N–H and O–H groups in total. The number of esters is 1. The zero-order valence-electron chi connectivity index (χ0n) is 9.97. The van der Waals surface area contributed by atoms with Crippen LogP contribution < -0.4 is 4.40 Å². The maximum absolute atomic E-state index is 11.7. The van der Waals surface area contributed by atoms with Gasteiger partial charge in [-0.3, -0.25) is 0 Å². The van der Waals surface area contributed by atoms with E-state index in [1.54, 1.807) is 17.8 Å². The summed E-state index contributed by atoms with van der Waals surface area (Å²) in [7, 11) is 1.73. The van der Waals surface area contributed by atoms with Gasteiger partial charge in [0.05, 0.1) is 0 Å². The van der Waals surface area contributed by atoms with Crippen molar-refractivity contribution in [3.8, 4) is 0 Å². The van der Waals surface area contributed by atoms with Crippen LogP contribution in [0.15, 0.2) is 30.3 Å². The van der Waals surface area contributed by atoms with E-state index in [-0.39, 0.29) is 12.3 Å². The molecule has 0 atom stereocenters. The van der Waals surface area contributed by atoms with Gasteiger partial charge in [-0.1, -0.05) is 0 Å². The van der Waals surface area contributed by atoms with Crippen LogP contribution in [-0.2, 0) is 14.3 Å². The molecule has 0 unspecified atom stereocenters. The Bertz CT molecular complexity index is 381. The molecular formula is C12H15GeNO3. The molecule has 0 saturated carbocycles. The minimum absolute atomic E-state index is 0.166. The molecule has 1 amide bonds. The summed E-state index contributed by atoms with van der Waals surface area (Å²) in [4.78, 5) is 22.8. The zero-order chi connectivity index (χ0) is 12.7. The van der Waals surface area contributed by atoms with E-state index in [0.29, 0.717) is 6.61 Å². The molecular weight excluding hydrogens is 279 g/mol. The van der Waals surface area contributed by atoms with E-state index in [9.17, 15) is 9.59 Å². The summed E-state index contributed by atoms with van der Waals surface area (Å²) in [6.45, 7) is 2.04. The van der Waals surface area contributed by atoms with E-state index in [1.807, 2.05) is 30.3 Å². The van der Waals surface area contributed by atoms with Gasteiger partial charge in [0, 0.05) is 0 Å². The van der Waals surface area contributed by atoms with E-state index >= 15 is 0 Å². The maximum atomic E-state index is 11.7. The molecule has 0 aliphatic heterocycles. The van der Waals surface area contributed by atoms with Crippen LogP contribution in [0, 0.1) is 0 Å². The molecule has 0 bridgehead atoms. The number of nitrogens with zero attached hydrogens (tertiary/aromatic N) is 1. The third-order valence-corrected chi connectivity index (χ3v) is 4.51. The summed E-state index contributed by atoms with van der Waals surface area (Å²) in [5, 5.41) is 0. The van der Waals surface area contributed by atoms with Gasteiger partial charge in [0.1, 0.15) is 0 Å². The fraction of sp³-hybridized carbons (Fsp3) is 0.333. The topological polar surface area (TPSA) is 46.6 Å². The summed E-state index contributed by atoms with van der Waals surface area (Å²) < 4.78 is 7.54. The van der Waals surface area contributed by atoms with Gasteiger partial charge >= 0.3 is 107 Å². The second-order valence-electron chi connectivity index (χ2n) is 3.41. The first kappa shape index (κ1) is 13.8. The first-order valence-corrected chi connectivity index (χ1v) is 7.36. The predicted molar refractivity (Wildman–Crippen MR) is 65.9 cm³/mol. The van der Waals surface area contributed by atoms with Gasteiger partial charge in [0.25, 0.3) is 0 Å². The normalized spacial score (nSPS) is 9.76. The van der Waals surface area contributed by atoms with E-state index in [1.165, 1.54) is 0 Å². The average molecular weight is 294 g/mol. The molecule has 0 aliphatic rings. The molecule has 0 fully saturated rings. The molecule has 2 radical (unpaired) electrons. The van der Waals surface area contributed by atoms with Crippen LogP contribution in [0.5, 0.6) is 0 Å². The Hall–Kier alpha value is -1.30. The van der Waals surface area contributed by atoms with E-state index in [4.69, 9.17) is 4.74 Å². The molecule has 0 saturated heterocycles. The van der Waals surface area contributed by atoms with Crippen LogP contribution in [0.2, 0.25) is 0 Å². The van der Waals surface area contributed by atoms with Gasteiger partial charge in [-0.05, 0) is 0 Å². The Balaban J connectivity index is 2.45. The summed E-state index contributed by atoms with van der Waals surface area (Å²) >= 11 is -0.684. The van der Waals surface area contributed by atoms with Gasteiger partial charge in [-0.15, -0.1) is 0 Å². The molecule has 5 heteroatoms. The van der Waals surface area contributed by atoms with Crippen molar-refractivity contribution in [2.75, 3.05) is 13.7 Å². The Morgan fingerprint density at radius 2 is 1.94 bits per heavy atom. The summed E-state index contributed by atoms with van der Waals surface area (Å²) in [5.41, 5.74) is 0. The van der Waals surface area contributed by atoms with Gasteiger partial charge in [-0.25, -0.2) is 0 Å². The summed E-state index contributed by atoms with van der Waals surface area (Å²) in [5.74, 6) is -0.628. The number of carbonyl (C=O) groups is 2. The molecule has 17 heavy (non-hydrogen) atoms. The molecule has 4 nitrogen and oxygen atoms in total. The first-order valence-electron chi connectivity index (χ1n) is 5.37. The van der Waals surface area contributed by atoms with Crippen LogP contribution in [-0.4, -0.2) is 45.0 Å². The van der Waals surface area contributed by atoms with Crippen LogP contribution in [0.25, 0.3) is 0 Å². The van der Waals surface area contributed by atoms with Crippen LogP contribution in [0.3, 0.4) is 0 Å². The molecule has 1 aromatic rings. The van der Waals surface area contributed by atoms with Gasteiger partial charge < -0.3 is 0 Å². The van der Waals surface area contributed by atoms with Crippen LogP contribution in [0.4, 0.5) is 0 Å². The van der Waals surface area contributed by atoms with Crippen molar-refractivity contribution in [2.45, 2.75) is 13.3 Å². The fourth-order valence-electron chi connectivity index (χ4n) is 1.22. The Kier molecular flexibility index (Phi) is 5.76. The second kappa shape index (κ2) is 7.11. The van der Waals surface area contributed by atoms with Crippen molar-refractivity contribution in [2.24, 2.45) is 0 Å². The monoisotopic (exact) mass is 295 g/mol. The van der Waals surface area contributed by atoms with Crippen molar-refractivity contribution >= 4 is 31.9 Å². The first-order chi connectivity index (χ1) is 8.13. The number of amides is 1. The van der Waals surface area contributed by atoms with Crippen LogP contribution >= 0.6 is 0 Å². The molecule has 1 aromatic carbocycles. The molecule has 0 aliphatic carbocycles. The molecule has 0 spiro atoms. The third-order valence-electron chi connectivity index (χ3n) is 2.05. The van der Waals surface area contributed by atoms with E-state index < -0.39 is 21.6 Å². The Labute approximate surface area is 108 Å². The minimum atomic E-state index is -0.684. The molecule has 1 rings (SSSR count). The van der Waals surface area contributed by atoms with E-state index in [0.717, 1.165) is 4.40 Å². The molecule has 90 valence electrons. The Morgan fingerprint density at radius 3 is 2.53 bits per heavy atom. The van der Waals surface area contributed by atoms with Gasteiger partial charge in [0.2, 0.25) is 0 Å². The van der Waals surface area contributed by atoms with Crippen molar-refractivity contribution in [1.29, 1.82) is 0 Å². The molecule has 0 heterocycles. The van der Waals surface area contributed by atoms with E-state index in [2.05, 4.69) is 0 Å². The zero-order valence-corrected chi connectivity index (χ0v) is 12.1. The van der Waals surface area contributed by atoms with Crippen molar-refractivity contribution in [1.82, 2.24) is 3.86 Å². The second-order valence-corrected chi connectivity index (χ2v) is 6.50.